The van der Waals surface area contributed by atoms with Gasteiger partial charge in [0.2, 0.25) is 0 Å². The summed E-state index contributed by atoms with van der Waals surface area (Å²) in [4.78, 5) is 3.10. The van der Waals surface area contributed by atoms with Gasteiger partial charge >= 0.3 is 0 Å². The van der Waals surface area contributed by atoms with Gasteiger partial charge in [-0.3, -0.25) is 4.21 Å². The molecule has 0 radical (unpaired) electrons. The lowest BCUT2D eigenvalue weighted by atomic mass is 10.0. The highest BCUT2D eigenvalue weighted by Gasteiger charge is 2.19. The summed E-state index contributed by atoms with van der Waals surface area (Å²) >= 11 is 0. The minimum atomic E-state index is -1.00. The van der Waals surface area contributed by atoms with Crippen LogP contribution in [0.3, 0.4) is 0 Å². The molecule has 1 aromatic carbocycles. The summed E-state index contributed by atoms with van der Waals surface area (Å²) < 4.78 is 24.8. The molecule has 2 unspecified atom stereocenters. The standard InChI is InChI=1S/C14H20FNOS/c1-16-10-3-2-4-13(16)9-11-18(17)14-7-5-12(15)6-8-14/h5-8,13H,2-4,9-11H2,1H3. The number of hydrogen-bond donors (Lipinski definition) is 0. The van der Waals surface area contributed by atoms with Gasteiger partial charge in [0, 0.05) is 16.7 Å². The Labute approximate surface area is 111 Å². The summed E-state index contributed by atoms with van der Waals surface area (Å²) in [5, 5.41) is 0. The van der Waals surface area contributed by atoms with E-state index in [1.165, 1.54) is 31.4 Å². The Hall–Kier alpha value is -0.740. The first kappa shape index (κ1) is 13.7. The van der Waals surface area contributed by atoms with Crippen LogP contribution in [-0.4, -0.2) is 34.5 Å². The van der Waals surface area contributed by atoms with Gasteiger partial charge in [0.05, 0.1) is 10.8 Å². The normalized spacial score (nSPS) is 22.9. The van der Waals surface area contributed by atoms with Crippen molar-refractivity contribution in [2.75, 3.05) is 19.3 Å². The Morgan fingerprint density at radius 3 is 2.72 bits per heavy atom. The van der Waals surface area contributed by atoms with E-state index in [9.17, 15) is 8.60 Å². The topological polar surface area (TPSA) is 20.3 Å². The first-order valence-corrected chi connectivity index (χ1v) is 7.83. The van der Waals surface area contributed by atoms with Crippen LogP contribution in [0.4, 0.5) is 4.39 Å². The van der Waals surface area contributed by atoms with Crippen LogP contribution in [0.1, 0.15) is 25.7 Å². The molecule has 0 spiro atoms. The van der Waals surface area contributed by atoms with E-state index in [0.29, 0.717) is 11.8 Å². The van der Waals surface area contributed by atoms with Crippen molar-refractivity contribution in [1.29, 1.82) is 0 Å². The van der Waals surface area contributed by atoms with E-state index in [2.05, 4.69) is 11.9 Å². The van der Waals surface area contributed by atoms with Crippen LogP contribution in [0, 0.1) is 5.82 Å². The largest absolute Gasteiger partial charge is 0.303 e. The maximum Gasteiger partial charge on any atom is 0.123 e. The Morgan fingerprint density at radius 1 is 1.33 bits per heavy atom. The first-order valence-electron chi connectivity index (χ1n) is 6.51. The smallest absolute Gasteiger partial charge is 0.123 e. The fourth-order valence-corrected chi connectivity index (χ4v) is 3.62. The third kappa shape index (κ3) is 3.62. The zero-order valence-electron chi connectivity index (χ0n) is 10.8. The lowest BCUT2D eigenvalue weighted by molar-refractivity contribution is 0.182. The van der Waals surface area contributed by atoms with Crippen molar-refractivity contribution in [2.45, 2.75) is 36.6 Å². The number of hydrogen-bond acceptors (Lipinski definition) is 2. The zero-order valence-corrected chi connectivity index (χ0v) is 11.6. The summed E-state index contributed by atoms with van der Waals surface area (Å²) in [5.74, 6) is 0.392. The van der Waals surface area contributed by atoms with Crippen molar-refractivity contribution in [2.24, 2.45) is 0 Å². The molecule has 1 aliphatic rings. The second-order valence-electron chi connectivity index (χ2n) is 4.92. The molecular weight excluding hydrogens is 249 g/mol. The van der Waals surface area contributed by atoms with Crippen LogP contribution in [0.25, 0.3) is 0 Å². The van der Waals surface area contributed by atoms with Crippen LogP contribution in [-0.2, 0) is 10.8 Å². The molecular formula is C14H20FNOS. The number of likely N-dealkylation sites (tertiary alicyclic amines) is 1. The number of nitrogens with zero attached hydrogens (tertiary/aromatic N) is 1. The number of halogens is 1. The lowest BCUT2D eigenvalue weighted by Crippen LogP contribution is -2.37. The molecule has 18 heavy (non-hydrogen) atoms. The van der Waals surface area contributed by atoms with E-state index in [1.807, 2.05) is 0 Å². The van der Waals surface area contributed by atoms with Gasteiger partial charge in [-0.15, -0.1) is 0 Å². The maximum absolute atomic E-state index is 12.8. The van der Waals surface area contributed by atoms with E-state index in [4.69, 9.17) is 0 Å². The lowest BCUT2D eigenvalue weighted by Gasteiger charge is -2.32. The minimum Gasteiger partial charge on any atom is -0.303 e. The molecule has 1 heterocycles. The molecule has 2 atom stereocenters. The van der Waals surface area contributed by atoms with Gasteiger partial charge < -0.3 is 4.90 Å². The second-order valence-corrected chi connectivity index (χ2v) is 6.49. The van der Waals surface area contributed by atoms with Crippen LogP contribution < -0.4 is 0 Å². The van der Waals surface area contributed by atoms with Gasteiger partial charge in [-0.25, -0.2) is 4.39 Å². The molecule has 1 fully saturated rings. The van der Waals surface area contributed by atoms with Crippen molar-refractivity contribution in [3.05, 3.63) is 30.1 Å². The third-order valence-electron chi connectivity index (χ3n) is 3.63. The Bertz CT molecular complexity index is 407. The Balaban J connectivity index is 1.86. The van der Waals surface area contributed by atoms with E-state index >= 15 is 0 Å². The second kappa shape index (κ2) is 6.43. The van der Waals surface area contributed by atoms with Gasteiger partial charge in [0.15, 0.2) is 0 Å². The van der Waals surface area contributed by atoms with Gasteiger partial charge in [0.1, 0.15) is 5.82 Å². The fraction of sp³-hybridized carbons (Fsp3) is 0.571. The van der Waals surface area contributed by atoms with Crippen LogP contribution in [0.2, 0.25) is 0 Å². The average Bonchev–Trinajstić information content (AvgIpc) is 2.38. The maximum atomic E-state index is 12.8. The van der Waals surface area contributed by atoms with Gasteiger partial charge in [-0.1, -0.05) is 6.42 Å². The van der Waals surface area contributed by atoms with Gasteiger partial charge in [-0.2, -0.15) is 0 Å². The van der Waals surface area contributed by atoms with E-state index < -0.39 is 10.8 Å². The van der Waals surface area contributed by atoms with Crippen molar-refractivity contribution in [3.8, 4) is 0 Å². The van der Waals surface area contributed by atoms with Gasteiger partial charge in [-0.05, 0) is 57.1 Å². The Kier molecular flexibility index (Phi) is 4.89. The quantitative estimate of drug-likeness (QED) is 0.837. The van der Waals surface area contributed by atoms with Crippen LogP contribution >= 0.6 is 0 Å². The first-order chi connectivity index (χ1) is 8.66. The molecule has 0 amide bonds. The van der Waals surface area contributed by atoms with Crippen molar-refractivity contribution in [3.63, 3.8) is 0 Å². The molecule has 2 nitrogen and oxygen atoms in total. The molecule has 0 aliphatic carbocycles. The van der Waals surface area contributed by atoms with Crippen molar-refractivity contribution in [1.82, 2.24) is 4.90 Å². The summed E-state index contributed by atoms with van der Waals surface area (Å²) in [5.41, 5.74) is 0. The van der Waals surface area contributed by atoms with E-state index in [1.54, 1.807) is 12.1 Å². The fourth-order valence-electron chi connectivity index (χ4n) is 2.46. The highest BCUT2D eigenvalue weighted by Crippen LogP contribution is 2.19. The van der Waals surface area contributed by atoms with Crippen molar-refractivity contribution < 1.29 is 8.60 Å². The van der Waals surface area contributed by atoms with E-state index in [0.717, 1.165) is 17.9 Å². The van der Waals surface area contributed by atoms with E-state index in [-0.39, 0.29) is 5.82 Å². The predicted octanol–water partition coefficient (Wildman–Crippen LogP) is 2.81. The molecule has 1 saturated heterocycles. The molecule has 1 aromatic rings. The molecule has 0 aromatic heterocycles. The Morgan fingerprint density at radius 2 is 2.06 bits per heavy atom. The molecule has 0 bridgehead atoms. The summed E-state index contributed by atoms with van der Waals surface area (Å²) in [6.45, 7) is 1.15. The molecule has 100 valence electrons. The SMILES string of the molecule is CN1CCCCC1CCS(=O)c1ccc(F)cc1. The third-order valence-corrected chi connectivity index (χ3v) is 5.04. The van der Waals surface area contributed by atoms with Crippen molar-refractivity contribution >= 4 is 10.8 Å². The van der Waals surface area contributed by atoms with Gasteiger partial charge in [0.25, 0.3) is 0 Å². The summed E-state index contributed by atoms with van der Waals surface area (Å²) in [6, 6.07) is 6.55. The number of rotatable bonds is 4. The zero-order chi connectivity index (χ0) is 13.0. The number of benzene rings is 1. The highest BCUT2D eigenvalue weighted by molar-refractivity contribution is 7.85. The molecule has 0 saturated carbocycles. The molecule has 0 N–H and O–H groups in total. The molecule has 2 rings (SSSR count). The number of piperidine rings is 1. The molecule has 1 aliphatic heterocycles. The monoisotopic (exact) mass is 269 g/mol. The average molecular weight is 269 g/mol. The molecule has 4 heteroatoms. The summed E-state index contributed by atoms with van der Waals surface area (Å²) in [7, 11) is 1.14. The van der Waals surface area contributed by atoms with Crippen LogP contribution in [0.5, 0.6) is 0 Å². The van der Waals surface area contributed by atoms with Crippen LogP contribution in [0.15, 0.2) is 29.2 Å². The summed E-state index contributed by atoms with van der Waals surface area (Å²) in [6.07, 6.45) is 4.71. The minimum absolute atomic E-state index is 0.275. The highest BCUT2D eigenvalue weighted by atomic mass is 32.2. The predicted molar refractivity (Wildman–Crippen MR) is 72.6 cm³/mol.